The van der Waals surface area contributed by atoms with Gasteiger partial charge in [-0.15, -0.1) is 0 Å². The molecule has 1 heterocycles. The van der Waals surface area contributed by atoms with E-state index in [1.807, 2.05) is 0 Å². The predicted molar refractivity (Wildman–Crippen MR) is 65.5 cm³/mol. The zero-order chi connectivity index (χ0) is 12.7. The number of rotatable bonds is 0. The van der Waals surface area contributed by atoms with Gasteiger partial charge in [-0.05, 0) is 23.2 Å². The van der Waals surface area contributed by atoms with Crippen LogP contribution in [0.2, 0.25) is 0 Å². The highest BCUT2D eigenvalue weighted by molar-refractivity contribution is 5.66. The van der Waals surface area contributed by atoms with E-state index in [0.717, 1.165) is 6.42 Å². The summed E-state index contributed by atoms with van der Waals surface area (Å²) >= 11 is 0. The maximum Gasteiger partial charge on any atom is 0.407 e. The normalized spacial score (nSPS) is 27.2. The van der Waals surface area contributed by atoms with Gasteiger partial charge in [0, 0.05) is 12.6 Å². The topological polar surface area (TPSA) is 40.5 Å². The van der Waals surface area contributed by atoms with Gasteiger partial charge in [-0.2, -0.15) is 0 Å². The molecule has 1 saturated heterocycles. The Kier molecular flexibility index (Phi) is 3.28. The predicted octanol–water partition coefficient (Wildman–Crippen LogP) is 3.45. The first-order valence-corrected chi connectivity index (χ1v) is 6.04. The van der Waals surface area contributed by atoms with E-state index in [4.69, 9.17) is 0 Å². The molecule has 3 heteroatoms. The van der Waals surface area contributed by atoms with Crippen LogP contribution in [0.25, 0.3) is 0 Å². The molecular formula is C13H25NO2. The van der Waals surface area contributed by atoms with Crippen LogP contribution in [0.5, 0.6) is 0 Å². The molecule has 16 heavy (non-hydrogen) atoms. The van der Waals surface area contributed by atoms with Gasteiger partial charge in [0.1, 0.15) is 0 Å². The number of hydrogen-bond acceptors (Lipinski definition) is 1. The van der Waals surface area contributed by atoms with Crippen molar-refractivity contribution >= 4 is 6.09 Å². The van der Waals surface area contributed by atoms with Crippen molar-refractivity contribution in [2.24, 2.45) is 16.7 Å². The summed E-state index contributed by atoms with van der Waals surface area (Å²) in [6, 6.07) is 0.130. The molecule has 1 fully saturated rings. The lowest BCUT2D eigenvalue weighted by molar-refractivity contribution is 0.0620. The van der Waals surface area contributed by atoms with Gasteiger partial charge in [0.05, 0.1) is 0 Å². The summed E-state index contributed by atoms with van der Waals surface area (Å²) in [6.07, 6.45) is 0.212. The first-order valence-electron chi connectivity index (χ1n) is 6.04. The Balaban J connectivity index is 3.03. The first kappa shape index (κ1) is 13.3. The molecule has 0 radical (unpaired) electrons. The van der Waals surface area contributed by atoms with Crippen LogP contribution in [0.15, 0.2) is 0 Å². The van der Waals surface area contributed by atoms with Crippen molar-refractivity contribution in [3.05, 3.63) is 0 Å². The van der Waals surface area contributed by atoms with Gasteiger partial charge in [-0.25, -0.2) is 4.79 Å². The van der Waals surface area contributed by atoms with E-state index < -0.39 is 6.09 Å². The molecule has 2 atom stereocenters. The molecule has 0 aromatic heterocycles. The second-order valence-corrected chi connectivity index (χ2v) is 7.05. The van der Waals surface area contributed by atoms with E-state index >= 15 is 0 Å². The molecule has 2 unspecified atom stereocenters. The van der Waals surface area contributed by atoms with Crippen LogP contribution in [-0.4, -0.2) is 28.7 Å². The van der Waals surface area contributed by atoms with Gasteiger partial charge in [0.2, 0.25) is 0 Å². The van der Waals surface area contributed by atoms with Crippen molar-refractivity contribution in [3.8, 4) is 0 Å². The summed E-state index contributed by atoms with van der Waals surface area (Å²) in [5.41, 5.74) is 0.176. The molecule has 0 bridgehead atoms. The lowest BCUT2D eigenvalue weighted by atomic mass is 9.69. The summed E-state index contributed by atoms with van der Waals surface area (Å²) in [7, 11) is 0. The smallest absolute Gasteiger partial charge is 0.407 e. The van der Waals surface area contributed by atoms with Gasteiger partial charge in [0.15, 0.2) is 0 Å². The van der Waals surface area contributed by atoms with E-state index in [1.165, 1.54) is 0 Å². The van der Waals surface area contributed by atoms with Gasteiger partial charge < -0.3 is 10.0 Å². The third-order valence-corrected chi connectivity index (χ3v) is 3.64. The molecule has 1 aliphatic heterocycles. The lowest BCUT2D eigenvalue weighted by Gasteiger charge is -2.42. The van der Waals surface area contributed by atoms with E-state index in [9.17, 15) is 9.90 Å². The molecule has 94 valence electrons. The minimum absolute atomic E-state index is 0.00678. The van der Waals surface area contributed by atoms with Crippen LogP contribution in [0, 0.1) is 16.7 Å². The number of carbonyl (C=O) groups is 1. The van der Waals surface area contributed by atoms with Crippen LogP contribution in [0.1, 0.15) is 48.0 Å². The van der Waals surface area contributed by atoms with Gasteiger partial charge >= 0.3 is 6.09 Å². The zero-order valence-electron chi connectivity index (χ0n) is 11.4. The van der Waals surface area contributed by atoms with Crippen LogP contribution < -0.4 is 0 Å². The summed E-state index contributed by atoms with van der Waals surface area (Å²) < 4.78 is 0. The van der Waals surface area contributed by atoms with E-state index in [-0.39, 0.29) is 16.9 Å². The van der Waals surface area contributed by atoms with Gasteiger partial charge in [0.25, 0.3) is 0 Å². The Bertz CT molecular complexity index is 273. The fourth-order valence-electron chi connectivity index (χ4n) is 2.98. The molecule has 0 aliphatic carbocycles. The third-order valence-electron chi connectivity index (χ3n) is 3.64. The zero-order valence-corrected chi connectivity index (χ0v) is 11.4. The highest BCUT2D eigenvalue weighted by Crippen LogP contribution is 2.45. The summed E-state index contributed by atoms with van der Waals surface area (Å²) in [4.78, 5) is 12.9. The fourth-order valence-corrected chi connectivity index (χ4v) is 2.98. The van der Waals surface area contributed by atoms with Crippen molar-refractivity contribution in [1.29, 1.82) is 0 Å². The van der Waals surface area contributed by atoms with Crippen molar-refractivity contribution in [1.82, 2.24) is 4.90 Å². The minimum Gasteiger partial charge on any atom is -0.465 e. The molecule has 1 amide bonds. The molecule has 0 aromatic carbocycles. The maximum absolute atomic E-state index is 11.3. The molecule has 1 N–H and O–H groups in total. The van der Waals surface area contributed by atoms with Gasteiger partial charge in [-0.1, -0.05) is 41.5 Å². The number of carboxylic acid groups (broad SMARTS) is 1. The average Bonchev–Trinajstić information content (AvgIpc) is 2.43. The molecule has 1 rings (SSSR count). The van der Waals surface area contributed by atoms with E-state index in [1.54, 1.807) is 4.90 Å². The number of nitrogens with zero attached hydrogens (tertiary/aromatic N) is 1. The van der Waals surface area contributed by atoms with Crippen LogP contribution in [0.3, 0.4) is 0 Å². The highest BCUT2D eigenvalue weighted by atomic mass is 16.4. The number of amides is 1. The van der Waals surface area contributed by atoms with Crippen LogP contribution in [0.4, 0.5) is 4.79 Å². The molecule has 0 spiro atoms. The largest absolute Gasteiger partial charge is 0.465 e. The quantitative estimate of drug-likeness (QED) is 0.688. The Hall–Kier alpha value is -0.730. The van der Waals surface area contributed by atoms with Crippen molar-refractivity contribution in [2.45, 2.75) is 54.0 Å². The minimum atomic E-state index is -0.772. The van der Waals surface area contributed by atoms with Gasteiger partial charge in [-0.3, -0.25) is 0 Å². The Morgan fingerprint density at radius 3 is 1.94 bits per heavy atom. The Morgan fingerprint density at radius 2 is 1.62 bits per heavy atom. The van der Waals surface area contributed by atoms with E-state index in [2.05, 4.69) is 41.5 Å². The molecule has 1 aliphatic rings. The first-order chi connectivity index (χ1) is 7.05. The SMILES string of the molecule is CC(C)(C)C1CCN(C(=O)O)C1C(C)(C)C. The third kappa shape index (κ3) is 2.50. The monoisotopic (exact) mass is 227 g/mol. The number of hydrogen-bond donors (Lipinski definition) is 1. The Labute approximate surface area is 98.8 Å². The molecular weight excluding hydrogens is 202 g/mol. The summed E-state index contributed by atoms with van der Waals surface area (Å²) in [6.45, 7) is 13.7. The molecule has 0 aromatic rings. The second kappa shape index (κ2) is 3.94. The van der Waals surface area contributed by atoms with Crippen molar-refractivity contribution in [3.63, 3.8) is 0 Å². The highest BCUT2D eigenvalue weighted by Gasteiger charge is 2.47. The van der Waals surface area contributed by atoms with Crippen LogP contribution >= 0.6 is 0 Å². The average molecular weight is 227 g/mol. The van der Waals surface area contributed by atoms with Crippen molar-refractivity contribution in [2.75, 3.05) is 6.54 Å². The lowest BCUT2D eigenvalue weighted by Crippen LogP contribution is -2.48. The second-order valence-electron chi connectivity index (χ2n) is 7.05. The summed E-state index contributed by atoms with van der Waals surface area (Å²) in [5, 5.41) is 9.26. The molecule has 3 nitrogen and oxygen atoms in total. The number of likely N-dealkylation sites (tertiary alicyclic amines) is 1. The standard InChI is InChI=1S/C13H25NO2/c1-12(2,3)9-7-8-14(11(15)16)10(9)13(4,5)6/h9-10H,7-8H2,1-6H3,(H,15,16). The summed E-state index contributed by atoms with van der Waals surface area (Å²) in [5.74, 6) is 0.448. The van der Waals surface area contributed by atoms with Crippen molar-refractivity contribution < 1.29 is 9.90 Å². The fraction of sp³-hybridized carbons (Fsp3) is 0.923. The molecule has 0 saturated carbocycles. The Morgan fingerprint density at radius 1 is 1.12 bits per heavy atom. The van der Waals surface area contributed by atoms with E-state index in [0.29, 0.717) is 12.5 Å². The van der Waals surface area contributed by atoms with Crippen LogP contribution in [-0.2, 0) is 0 Å². The maximum atomic E-state index is 11.3.